The maximum Gasteiger partial charge on any atom is 0.490 e. The Morgan fingerprint density at radius 3 is 2.69 bits per heavy atom. The summed E-state index contributed by atoms with van der Waals surface area (Å²) in [5.74, 6) is -2.87. The van der Waals surface area contributed by atoms with E-state index in [-0.39, 0.29) is 12.1 Å². The number of fused-ring (bicyclic) bond motifs is 1. The molecule has 1 aromatic heterocycles. The summed E-state index contributed by atoms with van der Waals surface area (Å²) in [5.41, 5.74) is 9.42. The fourth-order valence-electron chi connectivity index (χ4n) is 3.14. The predicted octanol–water partition coefficient (Wildman–Crippen LogP) is 2.85. The molecule has 29 heavy (non-hydrogen) atoms. The molecule has 0 aliphatic carbocycles. The topological polar surface area (TPSA) is 104 Å². The van der Waals surface area contributed by atoms with Gasteiger partial charge in [-0.2, -0.15) is 13.2 Å². The summed E-state index contributed by atoms with van der Waals surface area (Å²) in [6, 6.07) is 5.60. The second-order valence-corrected chi connectivity index (χ2v) is 6.76. The zero-order chi connectivity index (χ0) is 21.8. The molecule has 0 spiro atoms. The van der Waals surface area contributed by atoms with Crippen LogP contribution in [-0.4, -0.2) is 51.8 Å². The summed E-state index contributed by atoms with van der Waals surface area (Å²) in [6.07, 6.45) is -1.35. The van der Waals surface area contributed by atoms with Crippen molar-refractivity contribution < 1.29 is 27.9 Å². The lowest BCUT2D eigenvalue weighted by Gasteiger charge is -2.20. The highest BCUT2D eigenvalue weighted by Gasteiger charge is 2.38. The maximum absolute atomic E-state index is 12.5. The van der Waals surface area contributed by atoms with Crippen LogP contribution < -0.4 is 5.73 Å². The van der Waals surface area contributed by atoms with Gasteiger partial charge in [0, 0.05) is 30.1 Å². The Balaban J connectivity index is 0.000000370. The summed E-state index contributed by atoms with van der Waals surface area (Å²) < 4.78 is 31.7. The van der Waals surface area contributed by atoms with E-state index in [0.29, 0.717) is 13.0 Å². The zero-order valence-corrected chi connectivity index (χ0v) is 15.7. The van der Waals surface area contributed by atoms with Crippen molar-refractivity contribution in [3.63, 3.8) is 0 Å². The first-order valence-corrected chi connectivity index (χ1v) is 8.84. The highest BCUT2D eigenvalue weighted by Crippen LogP contribution is 2.23. The average molecular weight is 410 g/mol. The van der Waals surface area contributed by atoms with Crippen molar-refractivity contribution in [3.8, 4) is 0 Å². The summed E-state index contributed by atoms with van der Waals surface area (Å²) >= 11 is 0. The number of likely N-dealkylation sites (tertiary alicyclic amines) is 1. The molecule has 156 valence electrons. The number of aromatic amines is 1. The smallest absolute Gasteiger partial charge is 0.475 e. The largest absolute Gasteiger partial charge is 0.490 e. The fourth-order valence-corrected chi connectivity index (χ4v) is 3.14. The van der Waals surface area contributed by atoms with Crippen LogP contribution in [0.2, 0.25) is 0 Å². The number of H-pyrrole nitrogens is 1. The summed E-state index contributed by atoms with van der Waals surface area (Å²) in [7, 11) is 0. The first-order valence-electron chi connectivity index (χ1n) is 8.84. The lowest BCUT2D eigenvalue weighted by molar-refractivity contribution is -0.192. The first kappa shape index (κ1) is 22.2. The van der Waals surface area contributed by atoms with Crippen molar-refractivity contribution >= 4 is 22.8 Å². The predicted molar refractivity (Wildman–Crippen MR) is 99.7 cm³/mol. The Hall–Kier alpha value is -3.06. The lowest BCUT2D eigenvalue weighted by atomic mass is 10.0. The van der Waals surface area contributed by atoms with Crippen LogP contribution in [0.5, 0.6) is 0 Å². The zero-order valence-electron chi connectivity index (χ0n) is 15.7. The van der Waals surface area contributed by atoms with Gasteiger partial charge in [-0.15, -0.1) is 0 Å². The molecule has 1 aliphatic rings. The molecule has 4 N–H and O–H groups in total. The van der Waals surface area contributed by atoms with Gasteiger partial charge >= 0.3 is 18.3 Å². The van der Waals surface area contributed by atoms with E-state index >= 15 is 0 Å². The number of rotatable bonds is 3. The Kier molecular flexibility index (Phi) is 6.87. The van der Waals surface area contributed by atoms with Gasteiger partial charge in [0.15, 0.2) is 0 Å². The van der Waals surface area contributed by atoms with Crippen LogP contribution in [0, 0.1) is 13.5 Å². The van der Waals surface area contributed by atoms with Gasteiger partial charge in [-0.25, -0.2) is 11.4 Å². The molecule has 1 amide bonds. The molecular weight excluding hydrogens is 389 g/mol. The molecule has 1 aromatic carbocycles. The van der Waals surface area contributed by atoms with Crippen LogP contribution in [0.1, 0.15) is 24.0 Å². The number of aryl methyl sites for hydroxylation is 1. The molecular formula is C19H21F3N4O3. The van der Waals surface area contributed by atoms with Gasteiger partial charge in [0.25, 0.3) is 0 Å². The van der Waals surface area contributed by atoms with Crippen molar-refractivity contribution in [1.82, 2.24) is 9.88 Å². The third-order valence-electron chi connectivity index (χ3n) is 4.58. The van der Waals surface area contributed by atoms with E-state index in [1.54, 1.807) is 4.90 Å². The van der Waals surface area contributed by atoms with E-state index in [0.717, 1.165) is 29.3 Å². The lowest BCUT2D eigenvalue weighted by Crippen LogP contribution is -2.46. The summed E-state index contributed by atoms with van der Waals surface area (Å²) in [4.78, 5) is 29.8. The van der Waals surface area contributed by atoms with Crippen LogP contribution >= 0.6 is 0 Å². The number of hydrogen-bond acceptors (Lipinski definition) is 3. The number of benzene rings is 1. The summed E-state index contributed by atoms with van der Waals surface area (Å²) in [5, 5.41) is 8.24. The maximum atomic E-state index is 12.5. The Morgan fingerprint density at radius 1 is 1.45 bits per heavy atom. The minimum absolute atomic E-state index is 0.111. The third-order valence-corrected chi connectivity index (χ3v) is 4.58. The number of aliphatic carboxylic acids is 1. The van der Waals surface area contributed by atoms with Crippen molar-refractivity contribution in [2.24, 2.45) is 5.73 Å². The van der Waals surface area contributed by atoms with E-state index in [4.69, 9.17) is 22.2 Å². The number of amides is 1. The van der Waals surface area contributed by atoms with Gasteiger partial charge in [-0.05, 0) is 37.5 Å². The second kappa shape index (κ2) is 8.96. The standard InChI is InChI=1S/C17H20N4O.C2HF3O2/c1-11-5-6-15-13(8-11)12(10-20-15)9-14(18)17(22)21-7-3-4-16(21)19-2;3-2(4,5)1(6)7/h5-6,8,10,14,16,20H,3-4,7,9,18H2,1H3;(H,6,7). The van der Waals surface area contributed by atoms with Gasteiger partial charge < -0.3 is 15.8 Å². The number of hydrogen-bond donors (Lipinski definition) is 3. The molecule has 1 fully saturated rings. The molecule has 2 unspecified atom stereocenters. The van der Waals surface area contributed by atoms with Gasteiger partial charge in [-0.1, -0.05) is 11.6 Å². The molecule has 2 aromatic rings. The molecule has 1 saturated heterocycles. The highest BCUT2D eigenvalue weighted by molar-refractivity contribution is 5.86. The normalized spacial score (nSPS) is 17.4. The first-order chi connectivity index (χ1) is 13.5. The highest BCUT2D eigenvalue weighted by atomic mass is 19.4. The van der Waals surface area contributed by atoms with Gasteiger partial charge in [0.2, 0.25) is 5.91 Å². The van der Waals surface area contributed by atoms with Crippen molar-refractivity contribution in [1.29, 1.82) is 0 Å². The Labute approximate surface area is 165 Å². The number of nitrogens with two attached hydrogens (primary N) is 1. The molecule has 10 heteroatoms. The molecule has 2 atom stereocenters. The van der Waals surface area contributed by atoms with E-state index in [1.807, 2.05) is 19.2 Å². The number of carbonyl (C=O) groups is 2. The molecule has 2 heterocycles. The molecule has 7 nitrogen and oxygen atoms in total. The van der Waals surface area contributed by atoms with E-state index < -0.39 is 18.2 Å². The number of nitrogens with zero attached hydrogens (tertiary/aromatic N) is 2. The van der Waals surface area contributed by atoms with Crippen LogP contribution in [0.15, 0.2) is 24.4 Å². The Morgan fingerprint density at radius 2 is 2.10 bits per heavy atom. The van der Waals surface area contributed by atoms with Crippen LogP contribution in [0.25, 0.3) is 15.7 Å². The number of nitrogens with one attached hydrogen (secondary N) is 1. The minimum Gasteiger partial charge on any atom is -0.475 e. The summed E-state index contributed by atoms with van der Waals surface area (Å²) in [6.45, 7) is 9.87. The van der Waals surface area contributed by atoms with Crippen LogP contribution in [-0.2, 0) is 16.0 Å². The van der Waals surface area contributed by atoms with E-state index in [2.05, 4.69) is 22.0 Å². The van der Waals surface area contributed by atoms with Gasteiger partial charge in [-0.3, -0.25) is 14.5 Å². The Bertz CT molecular complexity index is 933. The quantitative estimate of drug-likeness (QED) is 0.677. The minimum atomic E-state index is -5.08. The number of carboxylic acid groups (broad SMARTS) is 1. The van der Waals surface area contributed by atoms with E-state index in [9.17, 15) is 18.0 Å². The molecule has 0 saturated carbocycles. The number of alkyl halides is 3. The third kappa shape index (κ3) is 5.48. The van der Waals surface area contributed by atoms with Crippen molar-refractivity contribution in [2.45, 2.75) is 44.6 Å². The second-order valence-electron chi connectivity index (χ2n) is 6.76. The number of carboxylic acids is 1. The van der Waals surface area contributed by atoms with Crippen LogP contribution in [0.3, 0.4) is 0 Å². The van der Waals surface area contributed by atoms with E-state index in [1.165, 1.54) is 5.56 Å². The van der Waals surface area contributed by atoms with Crippen LogP contribution in [0.4, 0.5) is 13.2 Å². The SMILES string of the molecule is O=C(O)C(F)(F)F.[C-]#[N+]C1CCCN1C(=O)C(N)Cc1c[nH]c2ccc(C)cc12. The number of carbonyl (C=O) groups excluding carboxylic acids is 1. The monoisotopic (exact) mass is 410 g/mol. The number of aromatic nitrogens is 1. The molecule has 0 radical (unpaired) electrons. The number of halogens is 3. The van der Waals surface area contributed by atoms with Gasteiger partial charge in [0.1, 0.15) is 0 Å². The van der Waals surface area contributed by atoms with Gasteiger partial charge in [0.05, 0.1) is 6.04 Å². The molecule has 1 aliphatic heterocycles. The molecule has 3 rings (SSSR count). The molecule has 0 bridgehead atoms. The average Bonchev–Trinajstić information content (AvgIpc) is 3.27. The van der Waals surface area contributed by atoms with Crippen molar-refractivity contribution in [3.05, 3.63) is 46.9 Å². The van der Waals surface area contributed by atoms with Crippen molar-refractivity contribution in [2.75, 3.05) is 6.54 Å². The fraction of sp³-hybridized carbons (Fsp3) is 0.421.